The smallest absolute Gasteiger partial charge is 0.449 e. The van der Waals surface area contributed by atoms with E-state index in [1.165, 1.54) is 43.3 Å². The lowest BCUT2D eigenvalue weighted by Gasteiger charge is -2.14. The highest BCUT2D eigenvalue weighted by molar-refractivity contribution is 5.94. The summed E-state index contributed by atoms with van der Waals surface area (Å²) < 4.78 is 57.1. The Bertz CT molecular complexity index is 1600. The average molecular weight is 513 g/mol. The molecule has 1 aromatic heterocycles. The molecule has 4 rings (SSSR count). The Morgan fingerprint density at radius 2 is 1.65 bits per heavy atom. The van der Waals surface area contributed by atoms with Crippen LogP contribution in [0.25, 0.3) is 11.0 Å². The largest absolute Gasteiger partial charge is 0.453 e. The minimum atomic E-state index is -5.08. The maximum Gasteiger partial charge on any atom is 0.453 e. The lowest BCUT2D eigenvalue weighted by atomic mass is 10.1. The third-order valence-corrected chi connectivity index (χ3v) is 5.43. The van der Waals surface area contributed by atoms with Crippen molar-refractivity contribution in [1.29, 1.82) is 0 Å². The Morgan fingerprint density at radius 3 is 2.27 bits per heavy atom. The van der Waals surface area contributed by atoms with Crippen molar-refractivity contribution in [2.75, 3.05) is 0 Å². The van der Waals surface area contributed by atoms with E-state index in [4.69, 9.17) is 13.9 Å². The van der Waals surface area contributed by atoms with Gasteiger partial charge < -0.3 is 13.9 Å². The summed E-state index contributed by atoms with van der Waals surface area (Å²) in [4.78, 5) is 36.1. The van der Waals surface area contributed by atoms with E-state index in [1.54, 1.807) is 19.9 Å². The molecule has 0 aliphatic carbocycles. The molecule has 3 aromatic carbocycles. The molecule has 0 amide bonds. The zero-order valence-corrected chi connectivity index (χ0v) is 19.6. The molecule has 1 heterocycles. The standard InChI is InChI=1S/C26H18F3NO7/c1-13-9-14(2)11-17(10-13)35-23-22(31)19-8-7-16(12-21(19)37-24(23)26(27,28)29)36-25(32)18-5-4-6-20(15(18)3)30(33)34/h4-12H,1-3H3. The number of halogens is 3. The first-order chi connectivity index (χ1) is 17.3. The molecule has 37 heavy (non-hydrogen) atoms. The van der Waals surface area contributed by atoms with Crippen LogP contribution in [0.1, 0.15) is 32.8 Å². The Hall–Kier alpha value is -4.67. The Kier molecular flexibility index (Phi) is 6.47. The number of nitrogens with zero attached hydrogens (tertiary/aromatic N) is 1. The number of carbonyl (C=O) groups is 1. The number of esters is 1. The highest BCUT2D eigenvalue weighted by atomic mass is 19.4. The number of carbonyl (C=O) groups excluding carboxylic acids is 1. The monoisotopic (exact) mass is 513 g/mol. The van der Waals surface area contributed by atoms with Crippen molar-refractivity contribution in [3.63, 3.8) is 0 Å². The van der Waals surface area contributed by atoms with Crippen LogP contribution >= 0.6 is 0 Å². The summed E-state index contributed by atoms with van der Waals surface area (Å²) >= 11 is 0. The number of aryl methyl sites for hydroxylation is 2. The van der Waals surface area contributed by atoms with Gasteiger partial charge in [-0.3, -0.25) is 14.9 Å². The van der Waals surface area contributed by atoms with E-state index in [0.717, 1.165) is 23.3 Å². The molecule has 0 atom stereocenters. The fraction of sp³-hybridized carbons (Fsp3) is 0.154. The third-order valence-electron chi connectivity index (χ3n) is 5.43. The minimum absolute atomic E-state index is 0.0347. The van der Waals surface area contributed by atoms with Gasteiger partial charge in [0.15, 0.2) is 0 Å². The predicted molar refractivity (Wildman–Crippen MR) is 126 cm³/mol. The van der Waals surface area contributed by atoms with E-state index in [2.05, 4.69) is 0 Å². The molecule has 0 fully saturated rings. The Morgan fingerprint density at radius 1 is 0.973 bits per heavy atom. The maximum absolute atomic E-state index is 13.8. The second kappa shape index (κ2) is 9.41. The van der Waals surface area contributed by atoms with Gasteiger partial charge in [-0.15, -0.1) is 0 Å². The lowest BCUT2D eigenvalue weighted by molar-refractivity contribution is -0.385. The summed E-state index contributed by atoms with van der Waals surface area (Å²) in [7, 11) is 0. The lowest BCUT2D eigenvalue weighted by Crippen LogP contribution is -2.16. The normalized spacial score (nSPS) is 11.4. The predicted octanol–water partition coefficient (Wildman–Crippen LogP) is 6.66. The highest BCUT2D eigenvalue weighted by Crippen LogP contribution is 2.39. The first-order valence-electron chi connectivity index (χ1n) is 10.8. The molecule has 4 aromatic rings. The SMILES string of the molecule is Cc1cc(C)cc(Oc2c(C(F)(F)F)oc3cc(OC(=O)c4cccc([N+](=O)[O-])c4C)ccc3c2=O)c1. The first kappa shape index (κ1) is 25.4. The molecule has 0 unspecified atom stereocenters. The number of benzene rings is 3. The number of fused-ring (bicyclic) bond motifs is 1. The van der Waals surface area contributed by atoms with Gasteiger partial charge in [-0.1, -0.05) is 12.1 Å². The average Bonchev–Trinajstić information content (AvgIpc) is 2.79. The van der Waals surface area contributed by atoms with E-state index >= 15 is 0 Å². The van der Waals surface area contributed by atoms with E-state index in [9.17, 15) is 32.9 Å². The summed E-state index contributed by atoms with van der Waals surface area (Å²) in [6.45, 7) is 4.82. The molecule has 0 saturated heterocycles. The molecule has 0 radical (unpaired) electrons. The van der Waals surface area contributed by atoms with Gasteiger partial charge in [-0.2, -0.15) is 13.2 Å². The number of nitro groups is 1. The molecule has 0 bridgehead atoms. The molecule has 8 nitrogen and oxygen atoms in total. The molecule has 0 N–H and O–H groups in total. The van der Waals surface area contributed by atoms with E-state index < -0.39 is 39.6 Å². The molecule has 0 spiro atoms. The molecule has 190 valence electrons. The van der Waals surface area contributed by atoms with Crippen molar-refractivity contribution >= 4 is 22.6 Å². The molecular formula is C26H18F3NO7. The minimum Gasteiger partial charge on any atom is -0.449 e. The van der Waals surface area contributed by atoms with Crippen LogP contribution in [0.4, 0.5) is 18.9 Å². The first-order valence-corrected chi connectivity index (χ1v) is 10.8. The van der Waals surface area contributed by atoms with Crippen molar-refractivity contribution < 1.29 is 36.8 Å². The third kappa shape index (κ3) is 5.15. The number of alkyl halides is 3. The van der Waals surface area contributed by atoms with Crippen LogP contribution in [0.5, 0.6) is 17.2 Å². The maximum atomic E-state index is 13.8. The highest BCUT2D eigenvalue weighted by Gasteiger charge is 2.40. The quantitative estimate of drug-likeness (QED) is 0.127. The van der Waals surface area contributed by atoms with Crippen molar-refractivity contribution in [3.8, 4) is 17.2 Å². The number of nitro benzene ring substituents is 1. The number of rotatable bonds is 5. The van der Waals surface area contributed by atoms with Crippen molar-refractivity contribution in [3.05, 3.63) is 103 Å². The number of ether oxygens (including phenoxy) is 2. The van der Waals surface area contributed by atoms with E-state index in [1.807, 2.05) is 0 Å². The molecule has 0 aliphatic rings. The molecule has 0 saturated carbocycles. The van der Waals surface area contributed by atoms with Crippen LogP contribution in [0.15, 0.2) is 63.8 Å². The summed E-state index contributed by atoms with van der Waals surface area (Å²) in [6.07, 6.45) is -5.08. The second-order valence-electron chi connectivity index (χ2n) is 8.27. The number of hydrogen-bond donors (Lipinski definition) is 0. The molecular weight excluding hydrogens is 495 g/mol. The van der Waals surface area contributed by atoms with Crippen LogP contribution in [-0.4, -0.2) is 10.9 Å². The van der Waals surface area contributed by atoms with Gasteiger partial charge >= 0.3 is 12.1 Å². The van der Waals surface area contributed by atoms with Gasteiger partial charge in [-0.05, 0) is 62.2 Å². The second-order valence-corrected chi connectivity index (χ2v) is 8.27. The molecule has 0 aliphatic heterocycles. The number of hydrogen-bond acceptors (Lipinski definition) is 7. The summed E-state index contributed by atoms with van der Waals surface area (Å²) in [5.74, 6) is -3.85. The van der Waals surface area contributed by atoms with Crippen LogP contribution in [0.2, 0.25) is 0 Å². The van der Waals surface area contributed by atoms with Gasteiger partial charge in [0.25, 0.3) is 11.4 Å². The van der Waals surface area contributed by atoms with Gasteiger partial charge in [-0.25, -0.2) is 4.79 Å². The summed E-state index contributed by atoms with van der Waals surface area (Å²) in [5.41, 5.74) is -0.476. The zero-order chi connectivity index (χ0) is 27.1. The zero-order valence-electron chi connectivity index (χ0n) is 19.6. The van der Waals surface area contributed by atoms with Crippen molar-refractivity contribution in [2.24, 2.45) is 0 Å². The Labute approximate surface area is 207 Å². The fourth-order valence-corrected chi connectivity index (χ4v) is 3.81. The van der Waals surface area contributed by atoms with Gasteiger partial charge in [0, 0.05) is 17.7 Å². The van der Waals surface area contributed by atoms with E-state index in [-0.39, 0.29) is 33.7 Å². The van der Waals surface area contributed by atoms with E-state index in [0.29, 0.717) is 0 Å². The van der Waals surface area contributed by atoms with Gasteiger partial charge in [0.1, 0.15) is 17.1 Å². The Balaban J connectivity index is 1.76. The van der Waals surface area contributed by atoms with Crippen LogP contribution < -0.4 is 14.9 Å². The summed E-state index contributed by atoms with van der Waals surface area (Å²) in [6, 6.07) is 11.9. The topological polar surface area (TPSA) is 109 Å². The van der Waals surface area contributed by atoms with Crippen LogP contribution in [0, 0.1) is 30.9 Å². The molecule has 11 heteroatoms. The van der Waals surface area contributed by atoms with Crippen LogP contribution in [0.3, 0.4) is 0 Å². The van der Waals surface area contributed by atoms with Crippen molar-refractivity contribution in [2.45, 2.75) is 26.9 Å². The van der Waals surface area contributed by atoms with Crippen molar-refractivity contribution in [1.82, 2.24) is 0 Å². The van der Waals surface area contributed by atoms with Gasteiger partial charge in [0.05, 0.1) is 15.9 Å². The summed E-state index contributed by atoms with van der Waals surface area (Å²) in [5, 5.41) is 10.9. The van der Waals surface area contributed by atoms with Gasteiger partial charge in [0.2, 0.25) is 11.2 Å². The fourth-order valence-electron chi connectivity index (χ4n) is 3.81. The van der Waals surface area contributed by atoms with Crippen LogP contribution in [-0.2, 0) is 6.18 Å².